The summed E-state index contributed by atoms with van der Waals surface area (Å²) in [5.41, 5.74) is 1.33. The van der Waals surface area contributed by atoms with Crippen molar-refractivity contribution in [2.24, 2.45) is 0 Å². The average molecular weight is 208 g/mol. The average Bonchev–Trinajstić information content (AvgIpc) is 2.12. The molecule has 1 aromatic carbocycles. The zero-order chi connectivity index (χ0) is 11.6. The second kappa shape index (κ2) is 4.03. The zero-order valence-corrected chi connectivity index (χ0v) is 9.24. The van der Waals surface area contributed by atoms with Gasteiger partial charge in [0.25, 0.3) is 0 Å². The van der Waals surface area contributed by atoms with Crippen LogP contribution in [0.3, 0.4) is 0 Å². The number of hydrogen-bond acceptors (Lipinski definition) is 2. The Kier molecular flexibility index (Phi) is 3.15. The molecule has 0 radical (unpaired) electrons. The minimum atomic E-state index is -1.70. The zero-order valence-electron chi connectivity index (χ0n) is 9.24. The minimum Gasteiger partial charge on any atom is -0.479 e. The number of carbonyl (C=O) groups is 1. The molecule has 0 saturated carbocycles. The van der Waals surface area contributed by atoms with E-state index in [0.717, 1.165) is 16.7 Å². The Morgan fingerprint density at radius 3 is 2.53 bits per heavy atom. The predicted octanol–water partition coefficient (Wildman–Crippen LogP) is 1.68. The molecule has 0 bridgehead atoms. The van der Waals surface area contributed by atoms with E-state index in [-0.39, 0.29) is 6.42 Å². The van der Waals surface area contributed by atoms with Crippen molar-refractivity contribution in [3.8, 4) is 0 Å². The van der Waals surface area contributed by atoms with Gasteiger partial charge in [-0.2, -0.15) is 0 Å². The SMILES string of the molecule is Cc1cccc(CC(C)(O)C(=O)O)c1C. The Morgan fingerprint density at radius 2 is 2.00 bits per heavy atom. The first-order valence-corrected chi connectivity index (χ1v) is 4.85. The summed E-state index contributed by atoms with van der Waals surface area (Å²) in [6.45, 7) is 5.22. The van der Waals surface area contributed by atoms with E-state index in [0.29, 0.717) is 0 Å². The molecule has 1 aromatic rings. The van der Waals surface area contributed by atoms with Gasteiger partial charge in [-0.3, -0.25) is 0 Å². The highest BCUT2D eigenvalue weighted by molar-refractivity contribution is 5.77. The fraction of sp³-hybridized carbons (Fsp3) is 0.417. The van der Waals surface area contributed by atoms with Crippen molar-refractivity contribution in [3.63, 3.8) is 0 Å². The highest BCUT2D eigenvalue weighted by Gasteiger charge is 2.30. The standard InChI is InChI=1S/C12H16O3/c1-8-5-4-6-10(9(8)2)7-12(3,15)11(13)14/h4-6,15H,7H2,1-3H3,(H,13,14). The number of aliphatic hydroxyl groups is 1. The quantitative estimate of drug-likeness (QED) is 0.794. The van der Waals surface area contributed by atoms with Crippen LogP contribution in [0.1, 0.15) is 23.6 Å². The predicted molar refractivity (Wildman–Crippen MR) is 57.9 cm³/mol. The fourth-order valence-electron chi connectivity index (χ4n) is 1.45. The van der Waals surface area contributed by atoms with Gasteiger partial charge < -0.3 is 10.2 Å². The van der Waals surface area contributed by atoms with Gasteiger partial charge in [-0.05, 0) is 37.5 Å². The Morgan fingerprint density at radius 1 is 1.40 bits per heavy atom. The minimum absolute atomic E-state index is 0.135. The van der Waals surface area contributed by atoms with Gasteiger partial charge in [-0.1, -0.05) is 18.2 Å². The lowest BCUT2D eigenvalue weighted by Gasteiger charge is -2.19. The van der Waals surface area contributed by atoms with Crippen LogP contribution in [-0.2, 0) is 11.2 Å². The van der Waals surface area contributed by atoms with Crippen LogP contribution in [0.4, 0.5) is 0 Å². The Labute approximate surface area is 89.4 Å². The summed E-state index contributed by atoms with van der Waals surface area (Å²) in [4.78, 5) is 10.8. The molecule has 0 aliphatic carbocycles. The van der Waals surface area contributed by atoms with E-state index in [4.69, 9.17) is 5.11 Å². The van der Waals surface area contributed by atoms with Gasteiger partial charge in [-0.25, -0.2) is 4.79 Å². The summed E-state index contributed by atoms with van der Waals surface area (Å²) in [6.07, 6.45) is 0.135. The Hall–Kier alpha value is -1.35. The van der Waals surface area contributed by atoms with Crippen LogP contribution in [-0.4, -0.2) is 21.8 Å². The van der Waals surface area contributed by atoms with Gasteiger partial charge in [0, 0.05) is 6.42 Å². The van der Waals surface area contributed by atoms with Crippen molar-refractivity contribution in [1.82, 2.24) is 0 Å². The van der Waals surface area contributed by atoms with Crippen LogP contribution in [0.25, 0.3) is 0 Å². The van der Waals surface area contributed by atoms with Crippen LogP contribution in [0, 0.1) is 13.8 Å². The number of carboxylic acid groups (broad SMARTS) is 1. The van der Waals surface area contributed by atoms with Gasteiger partial charge in [-0.15, -0.1) is 0 Å². The molecule has 0 saturated heterocycles. The molecule has 3 heteroatoms. The van der Waals surface area contributed by atoms with Gasteiger partial charge in [0.2, 0.25) is 0 Å². The van der Waals surface area contributed by atoms with Crippen LogP contribution in [0.5, 0.6) is 0 Å². The third-order valence-electron chi connectivity index (χ3n) is 2.71. The summed E-state index contributed by atoms with van der Waals surface area (Å²) >= 11 is 0. The molecule has 2 N–H and O–H groups in total. The molecule has 1 atom stereocenters. The number of benzene rings is 1. The van der Waals surface area contributed by atoms with Gasteiger partial charge >= 0.3 is 5.97 Å². The van der Waals surface area contributed by atoms with Crippen molar-refractivity contribution in [1.29, 1.82) is 0 Å². The molecular formula is C12H16O3. The van der Waals surface area contributed by atoms with E-state index < -0.39 is 11.6 Å². The third-order valence-corrected chi connectivity index (χ3v) is 2.71. The number of rotatable bonds is 3. The maximum absolute atomic E-state index is 10.8. The van der Waals surface area contributed by atoms with Crippen molar-refractivity contribution >= 4 is 5.97 Å². The largest absolute Gasteiger partial charge is 0.479 e. The molecule has 0 fully saturated rings. The highest BCUT2D eigenvalue weighted by atomic mass is 16.4. The lowest BCUT2D eigenvalue weighted by atomic mass is 9.92. The van der Waals surface area contributed by atoms with E-state index in [1.165, 1.54) is 6.92 Å². The molecule has 0 aromatic heterocycles. The second-order valence-electron chi connectivity index (χ2n) is 4.11. The molecule has 1 unspecified atom stereocenters. The monoisotopic (exact) mass is 208 g/mol. The van der Waals surface area contributed by atoms with E-state index in [1.807, 2.05) is 32.0 Å². The topological polar surface area (TPSA) is 57.5 Å². The van der Waals surface area contributed by atoms with Crippen molar-refractivity contribution in [2.75, 3.05) is 0 Å². The molecule has 0 heterocycles. The molecule has 1 rings (SSSR count). The summed E-state index contributed by atoms with van der Waals surface area (Å²) < 4.78 is 0. The van der Waals surface area contributed by atoms with Crippen LogP contribution >= 0.6 is 0 Å². The van der Waals surface area contributed by atoms with Crippen LogP contribution < -0.4 is 0 Å². The lowest BCUT2D eigenvalue weighted by molar-refractivity contribution is -0.156. The second-order valence-corrected chi connectivity index (χ2v) is 4.11. The normalized spacial score (nSPS) is 14.7. The lowest BCUT2D eigenvalue weighted by Crippen LogP contribution is -2.37. The molecule has 0 amide bonds. The molecular weight excluding hydrogens is 192 g/mol. The highest BCUT2D eigenvalue weighted by Crippen LogP contribution is 2.19. The van der Waals surface area contributed by atoms with Gasteiger partial charge in [0.1, 0.15) is 0 Å². The van der Waals surface area contributed by atoms with Gasteiger partial charge in [0.15, 0.2) is 5.60 Å². The maximum Gasteiger partial charge on any atom is 0.335 e. The number of hydrogen-bond donors (Lipinski definition) is 2. The van der Waals surface area contributed by atoms with E-state index in [9.17, 15) is 9.90 Å². The first kappa shape index (κ1) is 11.7. The first-order valence-electron chi connectivity index (χ1n) is 4.85. The molecule has 0 aliphatic rings. The molecule has 0 spiro atoms. The molecule has 0 aliphatic heterocycles. The molecule has 15 heavy (non-hydrogen) atoms. The number of carboxylic acids is 1. The Balaban J connectivity index is 3.00. The molecule has 3 nitrogen and oxygen atoms in total. The van der Waals surface area contributed by atoms with E-state index in [2.05, 4.69) is 0 Å². The molecule has 82 valence electrons. The summed E-state index contributed by atoms with van der Waals surface area (Å²) in [7, 11) is 0. The van der Waals surface area contributed by atoms with E-state index >= 15 is 0 Å². The maximum atomic E-state index is 10.8. The van der Waals surface area contributed by atoms with Crippen LogP contribution in [0.2, 0.25) is 0 Å². The number of aryl methyl sites for hydroxylation is 1. The van der Waals surface area contributed by atoms with Crippen molar-refractivity contribution < 1.29 is 15.0 Å². The van der Waals surface area contributed by atoms with E-state index in [1.54, 1.807) is 0 Å². The Bertz CT molecular complexity index is 380. The third kappa shape index (κ3) is 2.57. The van der Waals surface area contributed by atoms with Gasteiger partial charge in [0.05, 0.1) is 0 Å². The van der Waals surface area contributed by atoms with Crippen molar-refractivity contribution in [3.05, 3.63) is 34.9 Å². The summed E-state index contributed by atoms with van der Waals surface area (Å²) in [5, 5.41) is 18.5. The fourth-order valence-corrected chi connectivity index (χ4v) is 1.45. The van der Waals surface area contributed by atoms with Crippen molar-refractivity contribution in [2.45, 2.75) is 32.8 Å². The first-order chi connectivity index (χ1) is 6.84. The van der Waals surface area contributed by atoms with Crippen LogP contribution in [0.15, 0.2) is 18.2 Å². The summed E-state index contributed by atoms with van der Waals surface area (Å²) in [5.74, 6) is -1.19. The smallest absolute Gasteiger partial charge is 0.335 e. The summed E-state index contributed by atoms with van der Waals surface area (Å²) in [6, 6.07) is 5.68. The number of aliphatic carboxylic acids is 1.